The first-order valence-corrected chi connectivity index (χ1v) is 8.37. The molecule has 1 aliphatic heterocycles. The van der Waals surface area contributed by atoms with Crippen LogP contribution in [0, 0.1) is 6.92 Å². The maximum Gasteiger partial charge on any atom is 0.347 e. The molecule has 0 spiro atoms. The van der Waals surface area contributed by atoms with Crippen LogP contribution in [0.1, 0.15) is 34.5 Å². The second-order valence-electron chi connectivity index (χ2n) is 4.52. The number of piperidine rings is 1. The van der Waals surface area contributed by atoms with E-state index in [1.54, 1.807) is 17.3 Å². The number of rotatable bonds is 4. The third-order valence-electron chi connectivity index (χ3n) is 2.99. The summed E-state index contributed by atoms with van der Waals surface area (Å²) >= 11 is 0.936. The molecule has 1 saturated heterocycles. The van der Waals surface area contributed by atoms with Gasteiger partial charge in [0.25, 0.3) is 10.0 Å². The van der Waals surface area contributed by atoms with Crippen molar-refractivity contribution >= 4 is 27.3 Å². The highest BCUT2D eigenvalue weighted by Gasteiger charge is 2.28. The van der Waals surface area contributed by atoms with Crippen LogP contribution in [0.4, 0.5) is 0 Å². The number of hydrogen-bond acceptors (Lipinski definition) is 5. The molecule has 0 amide bonds. The average Bonchev–Trinajstić information content (AvgIpc) is 2.73. The number of thiophene rings is 1. The maximum absolute atomic E-state index is 12.3. The Labute approximate surface area is 116 Å². The highest BCUT2D eigenvalue weighted by molar-refractivity contribution is 7.89. The minimum Gasteiger partial charge on any atom is -0.477 e. The number of aryl methyl sites for hydroxylation is 1. The lowest BCUT2D eigenvalue weighted by molar-refractivity contribution is 0.0698. The van der Waals surface area contributed by atoms with E-state index in [4.69, 9.17) is 5.11 Å². The van der Waals surface area contributed by atoms with Crippen molar-refractivity contribution in [1.29, 1.82) is 0 Å². The number of nitrogens with zero attached hydrogens (tertiary/aromatic N) is 1. The minimum atomic E-state index is -3.82. The summed E-state index contributed by atoms with van der Waals surface area (Å²) in [6.07, 6.45) is 2.98. The molecule has 1 fully saturated rings. The van der Waals surface area contributed by atoms with E-state index in [1.165, 1.54) is 0 Å². The molecular formula is C11H16N2O4S2. The van der Waals surface area contributed by atoms with Gasteiger partial charge in [-0.25, -0.2) is 18.2 Å². The molecule has 8 heteroatoms. The SMILES string of the molecule is Cc1csc(C(=O)O)c1S(=O)(=O)NN1CCCCC1. The summed E-state index contributed by atoms with van der Waals surface area (Å²) in [4.78, 5) is 13.3. The zero-order valence-corrected chi connectivity index (χ0v) is 12.2. The van der Waals surface area contributed by atoms with E-state index in [2.05, 4.69) is 4.83 Å². The first kappa shape index (κ1) is 14.4. The number of carboxylic acid groups (broad SMARTS) is 1. The largest absolute Gasteiger partial charge is 0.477 e. The fraction of sp³-hybridized carbons (Fsp3) is 0.545. The van der Waals surface area contributed by atoms with Crippen molar-refractivity contribution in [2.75, 3.05) is 13.1 Å². The molecule has 0 radical (unpaired) electrons. The molecule has 0 atom stereocenters. The molecule has 0 aliphatic carbocycles. The van der Waals surface area contributed by atoms with Gasteiger partial charge >= 0.3 is 5.97 Å². The molecule has 2 N–H and O–H groups in total. The molecule has 2 heterocycles. The molecule has 0 aromatic carbocycles. The van der Waals surface area contributed by atoms with Crippen molar-refractivity contribution in [3.05, 3.63) is 15.8 Å². The number of carbonyl (C=O) groups is 1. The lowest BCUT2D eigenvalue weighted by atomic mass is 10.2. The predicted octanol–water partition coefficient (Wildman–Crippen LogP) is 1.43. The number of carboxylic acids is 1. The number of sulfonamides is 1. The Morgan fingerprint density at radius 3 is 2.58 bits per heavy atom. The molecule has 2 rings (SSSR count). The monoisotopic (exact) mass is 304 g/mol. The highest BCUT2D eigenvalue weighted by atomic mass is 32.2. The molecule has 1 aromatic rings. The van der Waals surface area contributed by atoms with Crippen molar-refractivity contribution in [3.63, 3.8) is 0 Å². The van der Waals surface area contributed by atoms with E-state index >= 15 is 0 Å². The van der Waals surface area contributed by atoms with Gasteiger partial charge in [0.05, 0.1) is 0 Å². The summed E-state index contributed by atoms with van der Waals surface area (Å²) in [6.45, 7) is 2.92. The molecule has 106 valence electrons. The van der Waals surface area contributed by atoms with Crippen LogP contribution >= 0.6 is 11.3 Å². The van der Waals surface area contributed by atoms with E-state index in [0.29, 0.717) is 18.7 Å². The lowest BCUT2D eigenvalue weighted by Crippen LogP contribution is -2.45. The van der Waals surface area contributed by atoms with Crippen LogP contribution in [0.3, 0.4) is 0 Å². The Hall–Kier alpha value is -0.960. The summed E-state index contributed by atoms with van der Waals surface area (Å²) in [5.41, 5.74) is 0.465. The third kappa shape index (κ3) is 3.14. The van der Waals surface area contributed by atoms with E-state index in [0.717, 1.165) is 30.6 Å². The van der Waals surface area contributed by atoms with Gasteiger partial charge in [0.15, 0.2) is 0 Å². The molecule has 0 saturated carbocycles. The van der Waals surface area contributed by atoms with Gasteiger partial charge in [0.1, 0.15) is 9.77 Å². The van der Waals surface area contributed by atoms with Crippen LogP contribution in [-0.2, 0) is 10.0 Å². The van der Waals surface area contributed by atoms with Crippen molar-refractivity contribution in [1.82, 2.24) is 9.84 Å². The fourth-order valence-electron chi connectivity index (χ4n) is 2.12. The second kappa shape index (κ2) is 5.58. The van der Waals surface area contributed by atoms with Gasteiger partial charge in [-0.3, -0.25) is 0 Å². The standard InChI is InChI=1S/C11H16N2O4S2/c1-8-7-18-9(11(14)15)10(8)19(16,17)12-13-5-3-2-4-6-13/h7,12H,2-6H2,1H3,(H,14,15). The number of hydrogen-bond donors (Lipinski definition) is 2. The van der Waals surface area contributed by atoms with Crippen molar-refractivity contribution in [2.24, 2.45) is 0 Å². The first-order valence-electron chi connectivity index (χ1n) is 6.00. The summed E-state index contributed by atoms with van der Waals surface area (Å²) in [7, 11) is -3.82. The zero-order chi connectivity index (χ0) is 14.0. The van der Waals surface area contributed by atoms with Crippen LogP contribution in [0.15, 0.2) is 10.3 Å². The number of nitrogens with one attached hydrogen (secondary N) is 1. The van der Waals surface area contributed by atoms with Gasteiger partial charge in [0, 0.05) is 13.1 Å². The predicted molar refractivity (Wildman–Crippen MR) is 71.8 cm³/mol. The Morgan fingerprint density at radius 1 is 1.37 bits per heavy atom. The quantitative estimate of drug-likeness (QED) is 0.879. The van der Waals surface area contributed by atoms with Gasteiger partial charge < -0.3 is 5.11 Å². The molecule has 0 bridgehead atoms. The van der Waals surface area contributed by atoms with Gasteiger partial charge in [-0.1, -0.05) is 6.42 Å². The van der Waals surface area contributed by atoms with E-state index < -0.39 is 16.0 Å². The van der Waals surface area contributed by atoms with Crippen molar-refractivity contribution < 1.29 is 18.3 Å². The Morgan fingerprint density at radius 2 is 2.00 bits per heavy atom. The summed E-state index contributed by atoms with van der Waals surface area (Å²) in [5, 5.41) is 12.2. The first-order chi connectivity index (χ1) is 8.92. The van der Waals surface area contributed by atoms with Gasteiger partial charge in [0.2, 0.25) is 0 Å². The molecule has 6 nitrogen and oxygen atoms in total. The van der Waals surface area contributed by atoms with Crippen molar-refractivity contribution in [3.8, 4) is 0 Å². The minimum absolute atomic E-state index is 0.115. The van der Waals surface area contributed by atoms with Crippen LogP contribution in [0.2, 0.25) is 0 Å². The molecule has 1 aliphatic rings. The lowest BCUT2D eigenvalue weighted by Gasteiger charge is -2.26. The zero-order valence-electron chi connectivity index (χ0n) is 10.5. The topological polar surface area (TPSA) is 86.7 Å². The Balaban J connectivity index is 2.28. The second-order valence-corrected chi connectivity index (χ2v) is 7.00. The van der Waals surface area contributed by atoms with E-state index in [1.807, 2.05) is 0 Å². The fourth-order valence-corrected chi connectivity index (χ4v) is 4.87. The van der Waals surface area contributed by atoms with Crippen LogP contribution in [0.5, 0.6) is 0 Å². The van der Waals surface area contributed by atoms with Gasteiger partial charge in [-0.2, -0.15) is 0 Å². The summed E-state index contributed by atoms with van der Waals surface area (Å²) in [5.74, 6) is -1.21. The van der Waals surface area contributed by atoms with Crippen molar-refractivity contribution in [2.45, 2.75) is 31.1 Å². The normalized spacial score (nSPS) is 17.5. The van der Waals surface area contributed by atoms with E-state index in [9.17, 15) is 13.2 Å². The van der Waals surface area contributed by atoms with Gasteiger partial charge in [-0.15, -0.1) is 16.2 Å². The molecular weight excluding hydrogens is 288 g/mol. The maximum atomic E-state index is 12.3. The Kier molecular flexibility index (Phi) is 4.24. The molecule has 1 aromatic heterocycles. The van der Waals surface area contributed by atoms with Crippen LogP contribution in [0.25, 0.3) is 0 Å². The summed E-state index contributed by atoms with van der Waals surface area (Å²) in [6, 6.07) is 0. The Bertz CT molecular complexity index is 574. The van der Waals surface area contributed by atoms with Gasteiger partial charge in [-0.05, 0) is 30.7 Å². The average molecular weight is 304 g/mol. The number of hydrazine groups is 1. The smallest absolute Gasteiger partial charge is 0.347 e. The van der Waals surface area contributed by atoms with Crippen LogP contribution < -0.4 is 4.83 Å². The number of aromatic carboxylic acids is 1. The van der Waals surface area contributed by atoms with Crippen LogP contribution in [-0.4, -0.2) is 37.6 Å². The molecule has 0 unspecified atom stereocenters. The third-order valence-corrected chi connectivity index (χ3v) is 5.76. The summed E-state index contributed by atoms with van der Waals surface area (Å²) < 4.78 is 24.6. The highest BCUT2D eigenvalue weighted by Crippen LogP contribution is 2.27. The molecule has 19 heavy (non-hydrogen) atoms. The van der Waals surface area contributed by atoms with E-state index in [-0.39, 0.29) is 9.77 Å².